The number of nitrogens with zero attached hydrogens (tertiary/aromatic N) is 1. The van der Waals surface area contributed by atoms with Gasteiger partial charge in [0.15, 0.2) is 15.5 Å². The molecule has 0 spiro atoms. The second-order valence-corrected chi connectivity index (χ2v) is 7.18. The van der Waals surface area contributed by atoms with Crippen molar-refractivity contribution in [2.24, 2.45) is 5.92 Å². The van der Waals surface area contributed by atoms with Crippen molar-refractivity contribution in [3.8, 4) is 5.75 Å². The number of phenols is 1. The molecule has 1 aliphatic heterocycles. The van der Waals surface area contributed by atoms with Crippen LogP contribution >= 0.6 is 0 Å². The number of carbonyl (C=O) groups is 1. The Morgan fingerprint density at radius 3 is 2.76 bits per heavy atom. The molecule has 0 aliphatic carbocycles. The second kappa shape index (κ2) is 5.68. The molecule has 0 bridgehead atoms. The maximum atomic E-state index is 11.9. The molecule has 21 heavy (non-hydrogen) atoms. The minimum atomic E-state index is -3.08. The van der Waals surface area contributed by atoms with Crippen molar-refractivity contribution in [3.63, 3.8) is 0 Å². The highest BCUT2D eigenvalue weighted by Gasteiger charge is 2.30. The maximum absolute atomic E-state index is 11.9. The van der Waals surface area contributed by atoms with Crippen LogP contribution < -0.4 is 5.32 Å². The molecule has 1 atom stereocenters. The fourth-order valence-corrected chi connectivity index (χ4v) is 4.16. The SMILES string of the molecule is O=C(CC1CCS(=O)(=O)C1)Nc1c(O)cccc1[N+](=O)[O-]. The predicted octanol–water partition coefficient (Wildman–Crippen LogP) is 1.06. The lowest BCUT2D eigenvalue weighted by Gasteiger charge is -2.10. The lowest BCUT2D eigenvalue weighted by molar-refractivity contribution is -0.384. The Morgan fingerprint density at radius 2 is 2.19 bits per heavy atom. The van der Waals surface area contributed by atoms with Gasteiger partial charge in [-0.15, -0.1) is 0 Å². The number of hydrogen-bond donors (Lipinski definition) is 2. The highest BCUT2D eigenvalue weighted by molar-refractivity contribution is 7.91. The molecule has 1 amide bonds. The van der Waals surface area contributed by atoms with Crippen molar-refractivity contribution in [3.05, 3.63) is 28.3 Å². The van der Waals surface area contributed by atoms with Crippen LogP contribution in [0, 0.1) is 16.0 Å². The Balaban J connectivity index is 2.09. The molecule has 1 heterocycles. The fourth-order valence-electron chi connectivity index (χ4n) is 2.29. The van der Waals surface area contributed by atoms with E-state index < -0.39 is 32.1 Å². The van der Waals surface area contributed by atoms with Crippen molar-refractivity contribution < 1.29 is 23.2 Å². The Hall–Kier alpha value is -2.16. The Labute approximate surface area is 120 Å². The van der Waals surface area contributed by atoms with E-state index in [1.807, 2.05) is 0 Å². The molecule has 1 fully saturated rings. The van der Waals surface area contributed by atoms with E-state index in [1.54, 1.807) is 0 Å². The van der Waals surface area contributed by atoms with E-state index in [0.29, 0.717) is 6.42 Å². The molecule has 2 N–H and O–H groups in total. The summed E-state index contributed by atoms with van der Waals surface area (Å²) in [5.41, 5.74) is -0.684. The van der Waals surface area contributed by atoms with Crippen molar-refractivity contribution in [1.82, 2.24) is 0 Å². The number of benzene rings is 1. The first-order valence-electron chi connectivity index (χ1n) is 6.25. The van der Waals surface area contributed by atoms with E-state index in [0.717, 1.165) is 6.07 Å². The number of carbonyl (C=O) groups excluding carboxylic acids is 1. The van der Waals surface area contributed by atoms with E-state index >= 15 is 0 Å². The van der Waals surface area contributed by atoms with Gasteiger partial charge in [0.1, 0.15) is 5.75 Å². The van der Waals surface area contributed by atoms with Gasteiger partial charge < -0.3 is 10.4 Å². The number of nitro benzene ring substituents is 1. The highest BCUT2D eigenvalue weighted by atomic mass is 32.2. The van der Waals surface area contributed by atoms with Gasteiger partial charge in [-0.3, -0.25) is 14.9 Å². The van der Waals surface area contributed by atoms with Gasteiger partial charge in [-0.2, -0.15) is 0 Å². The molecule has 0 saturated carbocycles. The Bertz CT molecular complexity index is 685. The minimum absolute atomic E-state index is 0.0509. The summed E-state index contributed by atoms with van der Waals surface area (Å²) in [5.74, 6) is -1.25. The third-order valence-corrected chi connectivity index (χ3v) is 5.12. The van der Waals surface area contributed by atoms with Crippen molar-refractivity contribution in [2.45, 2.75) is 12.8 Å². The van der Waals surface area contributed by atoms with Crippen molar-refractivity contribution >= 4 is 27.1 Å². The smallest absolute Gasteiger partial charge is 0.296 e. The predicted molar refractivity (Wildman–Crippen MR) is 74.8 cm³/mol. The third kappa shape index (κ3) is 3.69. The number of anilines is 1. The largest absolute Gasteiger partial charge is 0.505 e. The van der Waals surface area contributed by atoms with Gasteiger partial charge >= 0.3 is 0 Å². The van der Waals surface area contributed by atoms with Crippen LogP contribution in [0.15, 0.2) is 18.2 Å². The van der Waals surface area contributed by atoms with Gasteiger partial charge in [0, 0.05) is 12.5 Å². The van der Waals surface area contributed by atoms with Gasteiger partial charge in [0.2, 0.25) is 5.91 Å². The van der Waals surface area contributed by atoms with E-state index in [1.165, 1.54) is 12.1 Å². The first kappa shape index (κ1) is 15.2. The van der Waals surface area contributed by atoms with Crippen LogP contribution in [0.2, 0.25) is 0 Å². The maximum Gasteiger partial charge on any atom is 0.296 e. The van der Waals surface area contributed by atoms with Gasteiger partial charge in [-0.25, -0.2) is 8.42 Å². The number of amides is 1. The monoisotopic (exact) mass is 314 g/mol. The number of hydrogen-bond acceptors (Lipinski definition) is 6. The van der Waals surface area contributed by atoms with E-state index in [2.05, 4.69) is 5.32 Å². The average Bonchev–Trinajstić information content (AvgIpc) is 2.70. The third-order valence-electron chi connectivity index (χ3n) is 3.28. The lowest BCUT2D eigenvalue weighted by Crippen LogP contribution is -2.18. The number of nitrogens with one attached hydrogen (secondary N) is 1. The number of phenolic OH excluding ortho intramolecular Hbond substituents is 1. The molecule has 1 aromatic carbocycles. The van der Waals surface area contributed by atoms with Crippen LogP contribution in [0.4, 0.5) is 11.4 Å². The molecule has 1 aromatic rings. The average molecular weight is 314 g/mol. The molecular weight excluding hydrogens is 300 g/mol. The molecule has 1 unspecified atom stereocenters. The van der Waals surface area contributed by atoms with Crippen LogP contribution in [0.1, 0.15) is 12.8 Å². The summed E-state index contributed by atoms with van der Waals surface area (Å²) < 4.78 is 22.6. The number of aromatic hydroxyl groups is 1. The molecule has 2 rings (SSSR count). The van der Waals surface area contributed by atoms with Crippen LogP contribution in [0.3, 0.4) is 0 Å². The second-order valence-electron chi connectivity index (χ2n) is 4.95. The number of para-hydroxylation sites is 1. The zero-order valence-electron chi connectivity index (χ0n) is 11.0. The molecule has 114 valence electrons. The normalized spacial score (nSPS) is 20.1. The summed E-state index contributed by atoms with van der Waals surface area (Å²) >= 11 is 0. The topological polar surface area (TPSA) is 127 Å². The van der Waals surface area contributed by atoms with Crippen LogP contribution in [-0.4, -0.2) is 35.9 Å². The summed E-state index contributed by atoms with van der Waals surface area (Å²) in [7, 11) is -3.08. The molecular formula is C12H14N2O6S. The Morgan fingerprint density at radius 1 is 1.48 bits per heavy atom. The molecule has 8 nitrogen and oxygen atoms in total. The first-order valence-corrected chi connectivity index (χ1v) is 8.07. The van der Waals surface area contributed by atoms with Crippen LogP contribution in [0.25, 0.3) is 0 Å². The zero-order valence-corrected chi connectivity index (χ0v) is 11.8. The lowest BCUT2D eigenvalue weighted by atomic mass is 10.0. The van der Waals surface area contributed by atoms with E-state index in [9.17, 15) is 28.4 Å². The number of sulfone groups is 1. The zero-order chi connectivity index (χ0) is 15.6. The Kier molecular flexibility index (Phi) is 4.12. The minimum Gasteiger partial charge on any atom is -0.505 e. The highest BCUT2D eigenvalue weighted by Crippen LogP contribution is 2.33. The van der Waals surface area contributed by atoms with Gasteiger partial charge in [-0.05, 0) is 18.4 Å². The van der Waals surface area contributed by atoms with Gasteiger partial charge in [-0.1, -0.05) is 6.07 Å². The van der Waals surface area contributed by atoms with Crippen LogP contribution in [0.5, 0.6) is 5.75 Å². The summed E-state index contributed by atoms with van der Waals surface area (Å²) in [4.78, 5) is 22.0. The van der Waals surface area contributed by atoms with Crippen molar-refractivity contribution in [1.29, 1.82) is 0 Å². The van der Waals surface area contributed by atoms with Gasteiger partial charge in [0.25, 0.3) is 5.69 Å². The molecule has 0 aromatic heterocycles. The summed E-state index contributed by atoms with van der Waals surface area (Å²) in [6, 6.07) is 3.69. The summed E-state index contributed by atoms with van der Waals surface area (Å²) in [6.07, 6.45) is 0.351. The van der Waals surface area contributed by atoms with Crippen LogP contribution in [-0.2, 0) is 14.6 Å². The summed E-state index contributed by atoms with van der Waals surface area (Å²) in [5, 5.41) is 22.8. The van der Waals surface area contributed by atoms with Crippen molar-refractivity contribution in [2.75, 3.05) is 16.8 Å². The van der Waals surface area contributed by atoms with E-state index in [-0.39, 0.29) is 29.5 Å². The first-order chi connectivity index (χ1) is 9.78. The standard InChI is InChI=1S/C12H14N2O6S/c15-10-3-1-2-9(14(17)18)12(10)13-11(16)6-8-4-5-21(19,20)7-8/h1-3,8,15H,4-7H2,(H,13,16). The van der Waals surface area contributed by atoms with Gasteiger partial charge in [0.05, 0.1) is 16.4 Å². The quantitative estimate of drug-likeness (QED) is 0.486. The molecule has 9 heteroatoms. The van der Waals surface area contributed by atoms with E-state index in [4.69, 9.17) is 0 Å². The summed E-state index contributed by atoms with van der Waals surface area (Å²) in [6.45, 7) is 0. The molecule has 0 radical (unpaired) electrons. The molecule has 1 aliphatic rings. The fraction of sp³-hybridized carbons (Fsp3) is 0.417. The number of nitro groups is 1. The number of rotatable bonds is 4. The molecule has 1 saturated heterocycles.